The highest BCUT2D eigenvalue weighted by atomic mass is 32.2. The minimum absolute atomic E-state index is 0.203. The molecule has 0 bridgehead atoms. The summed E-state index contributed by atoms with van der Waals surface area (Å²) in [6, 6.07) is 8.10. The van der Waals surface area contributed by atoms with E-state index in [1.807, 2.05) is 31.2 Å². The first-order valence-corrected chi connectivity index (χ1v) is 8.17. The smallest absolute Gasteiger partial charge is 0.186 e. The number of para-hydroxylation sites is 1. The van der Waals surface area contributed by atoms with Gasteiger partial charge in [0.1, 0.15) is 28.2 Å². The Morgan fingerprint density at radius 2 is 2.18 bits per heavy atom. The van der Waals surface area contributed by atoms with Gasteiger partial charge in [0.2, 0.25) is 0 Å². The number of hydrazine groups is 1. The Hall–Kier alpha value is -1.67. The molecule has 2 atom stereocenters. The molecule has 0 saturated carbocycles. The molecule has 7 heteroatoms. The predicted molar refractivity (Wildman–Crippen MR) is 85.5 cm³/mol. The van der Waals surface area contributed by atoms with Gasteiger partial charge in [-0.3, -0.25) is 5.43 Å². The van der Waals surface area contributed by atoms with Crippen LogP contribution in [-0.2, 0) is 0 Å². The Kier molecular flexibility index (Phi) is 3.50. The van der Waals surface area contributed by atoms with Gasteiger partial charge in [-0.25, -0.2) is 15.4 Å². The van der Waals surface area contributed by atoms with Crippen LogP contribution in [0.2, 0.25) is 0 Å². The topological polar surface area (TPSA) is 83.2 Å². The van der Waals surface area contributed by atoms with E-state index in [-0.39, 0.29) is 6.04 Å². The van der Waals surface area contributed by atoms with Crippen LogP contribution in [0.4, 0.5) is 0 Å². The van der Waals surface area contributed by atoms with Gasteiger partial charge in [-0.2, -0.15) is 0 Å². The zero-order chi connectivity index (χ0) is 15.1. The summed E-state index contributed by atoms with van der Waals surface area (Å²) >= 11 is 1.62. The van der Waals surface area contributed by atoms with Gasteiger partial charge in [-0.15, -0.1) is 11.8 Å². The van der Waals surface area contributed by atoms with Crippen molar-refractivity contribution in [2.75, 3.05) is 5.75 Å². The van der Waals surface area contributed by atoms with Crippen LogP contribution in [0, 0.1) is 6.92 Å². The van der Waals surface area contributed by atoms with Crippen molar-refractivity contribution in [2.45, 2.75) is 30.6 Å². The van der Waals surface area contributed by atoms with E-state index in [1.165, 1.54) is 0 Å². The Balaban J connectivity index is 1.70. The lowest BCUT2D eigenvalue weighted by atomic mass is 10.2. The third-order valence-corrected chi connectivity index (χ3v) is 4.80. The summed E-state index contributed by atoms with van der Waals surface area (Å²) < 4.78 is 5.94. The summed E-state index contributed by atoms with van der Waals surface area (Å²) in [5.74, 6) is 1.53. The second-order valence-corrected chi connectivity index (χ2v) is 6.41. The molecule has 114 valence electrons. The molecule has 0 amide bonds. The molecule has 3 N–H and O–H groups in total. The van der Waals surface area contributed by atoms with E-state index in [4.69, 9.17) is 4.42 Å². The number of aromatic nitrogens is 2. The van der Waals surface area contributed by atoms with Crippen molar-refractivity contribution >= 4 is 33.8 Å². The Morgan fingerprint density at radius 3 is 3.00 bits per heavy atom. The SMILES string of the molecule is Cc1nc(SCC2CC(O)NN2)c2oc3ccccc3c2n1. The molecule has 1 aliphatic heterocycles. The van der Waals surface area contributed by atoms with Crippen LogP contribution in [0.15, 0.2) is 33.7 Å². The van der Waals surface area contributed by atoms with Crippen LogP contribution in [0.3, 0.4) is 0 Å². The lowest BCUT2D eigenvalue weighted by Crippen LogP contribution is -2.34. The van der Waals surface area contributed by atoms with Gasteiger partial charge in [0.25, 0.3) is 0 Å². The normalized spacial score (nSPS) is 21.9. The number of benzene rings is 1. The van der Waals surface area contributed by atoms with Gasteiger partial charge in [-0.05, 0) is 19.1 Å². The van der Waals surface area contributed by atoms with E-state index in [2.05, 4.69) is 20.8 Å². The molecule has 0 aliphatic carbocycles. The number of aryl methyl sites for hydroxylation is 1. The van der Waals surface area contributed by atoms with E-state index >= 15 is 0 Å². The summed E-state index contributed by atoms with van der Waals surface area (Å²) in [6.07, 6.45) is 0.198. The summed E-state index contributed by atoms with van der Waals surface area (Å²) in [7, 11) is 0. The summed E-state index contributed by atoms with van der Waals surface area (Å²) in [5.41, 5.74) is 8.32. The number of aliphatic hydroxyl groups is 1. The lowest BCUT2D eigenvalue weighted by Gasteiger charge is -2.08. The number of hydrogen-bond donors (Lipinski definition) is 3. The maximum Gasteiger partial charge on any atom is 0.186 e. The first kappa shape index (κ1) is 14.0. The van der Waals surface area contributed by atoms with Crippen molar-refractivity contribution in [3.8, 4) is 0 Å². The minimum atomic E-state index is -0.482. The van der Waals surface area contributed by atoms with Crippen LogP contribution in [-0.4, -0.2) is 33.1 Å². The Labute approximate surface area is 131 Å². The summed E-state index contributed by atoms with van der Waals surface area (Å²) in [6.45, 7) is 1.89. The zero-order valence-corrected chi connectivity index (χ0v) is 12.9. The fraction of sp³-hybridized carbons (Fsp3) is 0.333. The molecular formula is C15H16N4O2S. The fourth-order valence-electron chi connectivity index (χ4n) is 2.66. The third-order valence-electron chi connectivity index (χ3n) is 3.68. The van der Waals surface area contributed by atoms with E-state index in [0.29, 0.717) is 6.42 Å². The van der Waals surface area contributed by atoms with Crippen LogP contribution < -0.4 is 10.9 Å². The zero-order valence-electron chi connectivity index (χ0n) is 12.0. The van der Waals surface area contributed by atoms with Gasteiger partial charge >= 0.3 is 0 Å². The summed E-state index contributed by atoms with van der Waals surface area (Å²) in [5, 5.41) is 11.3. The van der Waals surface area contributed by atoms with Gasteiger partial charge < -0.3 is 9.52 Å². The molecule has 22 heavy (non-hydrogen) atoms. The van der Waals surface area contributed by atoms with Crippen LogP contribution in [0.5, 0.6) is 0 Å². The standard InChI is InChI=1S/C15H16N4O2S/c1-8-16-13-10-4-2-3-5-11(10)21-14(13)15(17-8)22-7-9-6-12(20)19-18-9/h2-5,9,12,18-20H,6-7H2,1H3. The highest BCUT2D eigenvalue weighted by Gasteiger charge is 2.23. The van der Waals surface area contributed by atoms with E-state index in [9.17, 15) is 5.11 Å². The number of rotatable bonds is 3. The predicted octanol–water partition coefficient (Wildman–Crippen LogP) is 1.96. The second-order valence-electron chi connectivity index (χ2n) is 5.40. The molecule has 1 fully saturated rings. The van der Waals surface area contributed by atoms with Gasteiger partial charge in [0.05, 0.1) is 0 Å². The average molecular weight is 316 g/mol. The van der Waals surface area contributed by atoms with E-state index < -0.39 is 6.23 Å². The summed E-state index contributed by atoms with van der Waals surface area (Å²) in [4.78, 5) is 9.05. The molecule has 3 heterocycles. The second kappa shape index (κ2) is 5.51. The van der Waals surface area contributed by atoms with Gasteiger partial charge in [0.15, 0.2) is 5.58 Å². The number of aliphatic hydroxyl groups excluding tert-OH is 1. The highest BCUT2D eigenvalue weighted by molar-refractivity contribution is 7.99. The molecule has 0 spiro atoms. The minimum Gasteiger partial charge on any atom is -0.451 e. The van der Waals surface area contributed by atoms with Crippen molar-refractivity contribution < 1.29 is 9.52 Å². The molecule has 4 rings (SSSR count). The fourth-order valence-corrected chi connectivity index (χ4v) is 3.71. The molecule has 2 unspecified atom stereocenters. The number of thioether (sulfide) groups is 1. The van der Waals surface area contributed by atoms with E-state index in [1.54, 1.807) is 11.8 Å². The maximum absolute atomic E-state index is 9.48. The maximum atomic E-state index is 9.48. The Bertz CT molecular complexity index is 835. The first-order valence-electron chi connectivity index (χ1n) is 7.18. The van der Waals surface area contributed by atoms with Crippen molar-refractivity contribution in [3.05, 3.63) is 30.1 Å². The molecule has 6 nitrogen and oxygen atoms in total. The molecule has 2 aromatic heterocycles. The van der Waals surface area contributed by atoms with Crippen molar-refractivity contribution in [1.82, 2.24) is 20.8 Å². The first-order chi connectivity index (χ1) is 10.7. The van der Waals surface area contributed by atoms with Crippen molar-refractivity contribution in [3.63, 3.8) is 0 Å². The molecule has 1 aromatic carbocycles. The number of nitrogens with one attached hydrogen (secondary N) is 2. The Morgan fingerprint density at radius 1 is 1.32 bits per heavy atom. The highest BCUT2D eigenvalue weighted by Crippen LogP contribution is 2.33. The number of hydrogen-bond acceptors (Lipinski definition) is 7. The quantitative estimate of drug-likeness (QED) is 0.503. The molecule has 1 saturated heterocycles. The van der Waals surface area contributed by atoms with Gasteiger partial charge in [-0.1, -0.05) is 12.1 Å². The average Bonchev–Trinajstić information content (AvgIpc) is 3.08. The van der Waals surface area contributed by atoms with E-state index in [0.717, 1.165) is 38.7 Å². The van der Waals surface area contributed by atoms with Crippen LogP contribution in [0.1, 0.15) is 12.2 Å². The number of nitrogens with zero attached hydrogens (tertiary/aromatic N) is 2. The molecular weight excluding hydrogens is 300 g/mol. The van der Waals surface area contributed by atoms with Crippen LogP contribution >= 0.6 is 11.8 Å². The van der Waals surface area contributed by atoms with Crippen LogP contribution in [0.25, 0.3) is 22.1 Å². The van der Waals surface area contributed by atoms with Crippen molar-refractivity contribution in [2.24, 2.45) is 0 Å². The lowest BCUT2D eigenvalue weighted by molar-refractivity contribution is 0.153. The molecule has 0 radical (unpaired) electrons. The third kappa shape index (κ3) is 2.46. The number of furan rings is 1. The van der Waals surface area contributed by atoms with Crippen molar-refractivity contribution in [1.29, 1.82) is 0 Å². The monoisotopic (exact) mass is 316 g/mol. The molecule has 3 aromatic rings. The number of fused-ring (bicyclic) bond motifs is 3. The largest absolute Gasteiger partial charge is 0.451 e. The molecule has 1 aliphatic rings. The van der Waals surface area contributed by atoms with Gasteiger partial charge in [0, 0.05) is 23.6 Å².